The van der Waals surface area contributed by atoms with Crippen LogP contribution in [0.1, 0.15) is 35.4 Å². The van der Waals surface area contributed by atoms with E-state index in [4.69, 9.17) is 19.3 Å². The van der Waals surface area contributed by atoms with Gasteiger partial charge in [-0.15, -0.1) is 0 Å². The second kappa shape index (κ2) is 6.17. The van der Waals surface area contributed by atoms with Crippen molar-refractivity contribution in [3.63, 3.8) is 0 Å². The number of hydrogen-bond donors (Lipinski definition) is 1. The molecule has 0 amide bonds. The molecule has 0 bridgehead atoms. The molecule has 0 aliphatic carbocycles. The van der Waals surface area contributed by atoms with E-state index in [9.17, 15) is 5.11 Å². The topological polar surface area (TPSA) is 63.5 Å². The third-order valence-electron chi connectivity index (χ3n) is 5.58. The molecule has 0 aromatic heterocycles. The van der Waals surface area contributed by atoms with Gasteiger partial charge in [0.25, 0.3) is 0 Å². The lowest BCUT2D eigenvalue weighted by Crippen LogP contribution is -2.33. The van der Waals surface area contributed by atoms with Gasteiger partial charge in [-0.2, -0.15) is 5.10 Å². The minimum absolute atomic E-state index is 0.0826. The highest BCUT2D eigenvalue weighted by Gasteiger charge is 2.41. The first kappa shape index (κ1) is 16.3. The summed E-state index contributed by atoms with van der Waals surface area (Å²) in [6, 6.07) is 21.2. The molecule has 0 unspecified atom stereocenters. The first-order valence-electron chi connectivity index (χ1n) is 9.56. The molecule has 6 heteroatoms. The second-order valence-corrected chi connectivity index (χ2v) is 7.31. The Labute approximate surface area is 167 Å². The summed E-state index contributed by atoms with van der Waals surface area (Å²) in [4.78, 5) is 0. The van der Waals surface area contributed by atoms with Crippen molar-refractivity contribution in [2.75, 3.05) is 6.79 Å². The SMILES string of the molecule is Oc1ccc(C2=NN3[C@@H](C2)c2ccccc2O[C@H]3c2ccc3c(c2)OCO3)cc1. The lowest BCUT2D eigenvalue weighted by Gasteiger charge is -2.38. The van der Waals surface area contributed by atoms with E-state index in [2.05, 4.69) is 6.07 Å². The summed E-state index contributed by atoms with van der Waals surface area (Å²) in [5.74, 6) is 2.59. The Kier molecular flexibility index (Phi) is 3.47. The maximum absolute atomic E-state index is 9.61. The maximum atomic E-state index is 9.61. The van der Waals surface area contributed by atoms with Crippen LogP contribution in [-0.4, -0.2) is 22.6 Å². The fourth-order valence-corrected chi connectivity index (χ4v) is 4.15. The predicted octanol–water partition coefficient (Wildman–Crippen LogP) is 4.36. The molecule has 3 aromatic rings. The number of benzene rings is 3. The summed E-state index contributed by atoms with van der Waals surface area (Å²) in [5.41, 5.74) is 4.06. The molecule has 6 rings (SSSR count). The van der Waals surface area contributed by atoms with Crippen molar-refractivity contribution in [3.8, 4) is 23.0 Å². The van der Waals surface area contributed by atoms with Crippen LogP contribution in [0.3, 0.4) is 0 Å². The highest BCUT2D eigenvalue weighted by atomic mass is 16.7. The fourth-order valence-electron chi connectivity index (χ4n) is 4.15. The number of phenolic OH excluding ortho intramolecular Hbond substituents is 1. The summed E-state index contributed by atoms with van der Waals surface area (Å²) in [5, 5.41) is 16.6. The number of hydrazone groups is 1. The monoisotopic (exact) mass is 386 g/mol. The Balaban J connectivity index is 1.44. The zero-order chi connectivity index (χ0) is 19.4. The van der Waals surface area contributed by atoms with Crippen molar-refractivity contribution in [1.29, 1.82) is 0 Å². The first-order chi connectivity index (χ1) is 14.3. The van der Waals surface area contributed by atoms with Crippen molar-refractivity contribution in [1.82, 2.24) is 5.01 Å². The normalized spacial score (nSPS) is 21.2. The highest BCUT2D eigenvalue weighted by molar-refractivity contribution is 6.02. The van der Waals surface area contributed by atoms with Crippen LogP contribution in [0.25, 0.3) is 0 Å². The molecule has 29 heavy (non-hydrogen) atoms. The van der Waals surface area contributed by atoms with E-state index in [1.165, 1.54) is 0 Å². The first-order valence-corrected chi connectivity index (χ1v) is 9.56. The van der Waals surface area contributed by atoms with E-state index in [0.717, 1.165) is 46.1 Å². The number of rotatable bonds is 2. The minimum Gasteiger partial charge on any atom is -0.508 e. The minimum atomic E-state index is -0.362. The van der Waals surface area contributed by atoms with Crippen molar-refractivity contribution in [2.24, 2.45) is 5.10 Å². The van der Waals surface area contributed by atoms with Crippen molar-refractivity contribution < 1.29 is 19.3 Å². The third-order valence-corrected chi connectivity index (χ3v) is 5.58. The van der Waals surface area contributed by atoms with Crippen LogP contribution in [0.2, 0.25) is 0 Å². The Hall–Kier alpha value is -3.67. The summed E-state index contributed by atoms with van der Waals surface area (Å²) in [7, 11) is 0. The van der Waals surface area contributed by atoms with Crippen LogP contribution in [-0.2, 0) is 0 Å². The van der Waals surface area contributed by atoms with E-state index >= 15 is 0 Å². The van der Waals surface area contributed by atoms with Crippen LogP contribution in [0.15, 0.2) is 71.8 Å². The van der Waals surface area contributed by atoms with E-state index in [1.807, 2.05) is 53.5 Å². The number of ether oxygens (including phenoxy) is 3. The van der Waals surface area contributed by atoms with Crippen molar-refractivity contribution in [3.05, 3.63) is 83.4 Å². The van der Waals surface area contributed by atoms with Gasteiger partial charge in [-0.1, -0.05) is 18.2 Å². The van der Waals surface area contributed by atoms with Gasteiger partial charge in [0.05, 0.1) is 11.8 Å². The van der Waals surface area contributed by atoms with Gasteiger partial charge in [-0.3, -0.25) is 0 Å². The van der Waals surface area contributed by atoms with Gasteiger partial charge >= 0.3 is 0 Å². The number of hydrogen-bond acceptors (Lipinski definition) is 6. The zero-order valence-electron chi connectivity index (χ0n) is 15.5. The molecule has 0 spiro atoms. The van der Waals surface area contributed by atoms with Crippen LogP contribution < -0.4 is 14.2 Å². The van der Waals surface area contributed by atoms with Crippen LogP contribution in [0.5, 0.6) is 23.0 Å². The lowest BCUT2D eigenvalue weighted by atomic mass is 9.96. The van der Waals surface area contributed by atoms with E-state index < -0.39 is 0 Å². The Morgan fingerprint density at radius 2 is 1.72 bits per heavy atom. The van der Waals surface area contributed by atoms with Gasteiger partial charge in [0, 0.05) is 17.5 Å². The maximum Gasteiger partial charge on any atom is 0.231 e. The van der Waals surface area contributed by atoms with Gasteiger partial charge in [0.1, 0.15) is 11.5 Å². The van der Waals surface area contributed by atoms with Gasteiger partial charge in [0.2, 0.25) is 13.0 Å². The van der Waals surface area contributed by atoms with Crippen molar-refractivity contribution >= 4 is 5.71 Å². The molecule has 3 aliphatic heterocycles. The molecule has 1 N–H and O–H groups in total. The molecule has 0 saturated carbocycles. The van der Waals surface area contributed by atoms with E-state index in [-0.39, 0.29) is 24.8 Å². The molecule has 0 saturated heterocycles. The summed E-state index contributed by atoms with van der Waals surface area (Å²) in [6.45, 7) is 0.239. The van der Waals surface area contributed by atoms with Crippen LogP contribution in [0.4, 0.5) is 0 Å². The zero-order valence-corrected chi connectivity index (χ0v) is 15.5. The quantitative estimate of drug-likeness (QED) is 0.709. The summed E-state index contributed by atoms with van der Waals surface area (Å²) >= 11 is 0. The standard InChI is InChI=1S/C23H18N2O4/c26-16-8-5-14(6-9-16)18-12-19-17-3-1-2-4-20(17)29-23(25(19)24-18)15-7-10-21-22(11-15)28-13-27-21/h1-11,19,23,26H,12-13H2/t19-,23-/m0/s1. The number of phenols is 1. The molecular weight excluding hydrogens is 368 g/mol. The average molecular weight is 386 g/mol. The van der Waals surface area contributed by atoms with Crippen molar-refractivity contribution in [2.45, 2.75) is 18.7 Å². The lowest BCUT2D eigenvalue weighted by molar-refractivity contribution is -0.0191. The van der Waals surface area contributed by atoms with Gasteiger partial charge in [-0.05, 0) is 54.1 Å². The Morgan fingerprint density at radius 3 is 2.62 bits per heavy atom. The van der Waals surface area contributed by atoms with Gasteiger partial charge in [0.15, 0.2) is 11.5 Å². The van der Waals surface area contributed by atoms with Crippen LogP contribution in [0, 0.1) is 0 Å². The molecule has 0 radical (unpaired) electrons. The molecule has 6 nitrogen and oxygen atoms in total. The third kappa shape index (κ3) is 2.60. The highest BCUT2D eigenvalue weighted by Crippen LogP contribution is 2.48. The predicted molar refractivity (Wildman–Crippen MR) is 106 cm³/mol. The Bertz CT molecular complexity index is 1130. The fraction of sp³-hybridized carbons (Fsp3) is 0.174. The molecule has 3 aliphatic rings. The largest absolute Gasteiger partial charge is 0.508 e. The smallest absolute Gasteiger partial charge is 0.231 e. The van der Waals surface area contributed by atoms with Gasteiger partial charge < -0.3 is 19.3 Å². The number of aromatic hydroxyl groups is 1. The van der Waals surface area contributed by atoms with Crippen LogP contribution >= 0.6 is 0 Å². The molecule has 3 aromatic carbocycles. The second-order valence-electron chi connectivity index (χ2n) is 7.31. The number of nitrogens with zero attached hydrogens (tertiary/aromatic N) is 2. The Morgan fingerprint density at radius 1 is 0.897 bits per heavy atom. The average Bonchev–Trinajstić information content (AvgIpc) is 3.40. The molecule has 3 heterocycles. The van der Waals surface area contributed by atoms with Gasteiger partial charge in [-0.25, -0.2) is 5.01 Å². The van der Waals surface area contributed by atoms with E-state index in [1.54, 1.807) is 12.1 Å². The summed E-state index contributed by atoms with van der Waals surface area (Å²) < 4.78 is 17.4. The molecule has 2 atom stereocenters. The molecule has 0 fully saturated rings. The number of para-hydroxylation sites is 1. The molecular formula is C23H18N2O4. The van der Waals surface area contributed by atoms with E-state index in [0.29, 0.717) is 0 Å². The summed E-state index contributed by atoms with van der Waals surface area (Å²) in [6.07, 6.45) is 0.408. The molecule has 144 valence electrons. The number of fused-ring (bicyclic) bond motifs is 4.